The highest BCUT2D eigenvalue weighted by Crippen LogP contribution is 2.43. The van der Waals surface area contributed by atoms with Gasteiger partial charge in [-0.15, -0.1) is 0 Å². The van der Waals surface area contributed by atoms with Gasteiger partial charge in [0.2, 0.25) is 5.91 Å². The standard InChI is InChI=1S/C21H29N3O/c25-21(19-14-16-8-9-17(19)13-16)23-15-18-7-6-10-22-20(18)24-11-4-2-1-3-5-12-24/h6-10,16-17,19H,1-5,11-15H2,(H,23,25)/t16-,17+,19+/m0/s1. The number of rotatable bonds is 4. The van der Waals surface area contributed by atoms with Gasteiger partial charge in [-0.25, -0.2) is 4.98 Å². The average molecular weight is 339 g/mol. The molecule has 0 radical (unpaired) electrons. The molecule has 1 N–H and O–H groups in total. The fourth-order valence-electron chi connectivity index (χ4n) is 4.71. The molecule has 1 saturated heterocycles. The van der Waals surface area contributed by atoms with Crippen molar-refractivity contribution < 1.29 is 4.79 Å². The van der Waals surface area contributed by atoms with E-state index in [4.69, 9.17) is 0 Å². The molecule has 0 unspecified atom stereocenters. The van der Waals surface area contributed by atoms with Crippen LogP contribution in [0.4, 0.5) is 5.82 Å². The minimum absolute atomic E-state index is 0.178. The molecule has 25 heavy (non-hydrogen) atoms. The summed E-state index contributed by atoms with van der Waals surface area (Å²) in [6.45, 7) is 2.75. The Bertz CT molecular complexity index is 634. The van der Waals surface area contributed by atoms with Crippen LogP contribution in [0.3, 0.4) is 0 Å². The quantitative estimate of drug-likeness (QED) is 0.851. The molecule has 3 atom stereocenters. The molecule has 3 aliphatic rings. The third-order valence-electron chi connectivity index (χ3n) is 6.09. The Balaban J connectivity index is 1.40. The first-order valence-corrected chi connectivity index (χ1v) is 9.96. The summed E-state index contributed by atoms with van der Waals surface area (Å²) in [5.74, 6) is 2.57. The van der Waals surface area contributed by atoms with Crippen molar-refractivity contribution in [2.45, 2.75) is 51.5 Å². The molecule has 4 heteroatoms. The highest BCUT2D eigenvalue weighted by Gasteiger charge is 2.39. The van der Waals surface area contributed by atoms with Crippen LogP contribution in [-0.4, -0.2) is 24.0 Å². The van der Waals surface area contributed by atoms with Crippen molar-refractivity contribution in [1.82, 2.24) is 10.3 Å². The average Bonchev–Trinajstić information content (AvgIpc) is 3.23. The zero-order chi connectivity index (χ0) is 17.1. The first kappa shape index (κ1) is 16.6. The van der Waals surface area contributed by atoms with Crippen LogP contribution >= 0.6 is 0 Å². The van der Waals surface area contributed by atoms with Crippen LogP contribution in [0.25, 0.3) is 0 Å². The number of allylic oxidation sites excluding steroid dienone is 2. The molecule has 2 heterocycles. The normalized spacial score (nSPS) is 28.6. The largest absolute Gasteiger partial charge is 0.356 e. The minimum atomic E-state index is 0.178. The fourth-order valence-corrected chi connectivity index (χ4v) is 4.71. The van der Waals surface area contributed by atoms with Crippen LogP contribution < -0.4 is 10.2 Å². The van der Waals surface area contributed by atoms with Crippen LogP contribution in [0, 0.1) is 17.8 Å². The Morgan fingerprint density at radius 2 is 1.92 bits per heavy atom. The van der Waals surface area contributed by atoms with Gasteiger partial charge in [-0.05, 0) is 43.6 Å². The van der Waals surface area contributed by atoms with Gasteiger partial charge in [0.25, 0.3) is 0 Å². The monoisotopic (exact) mass is 339 g/mol. The summed E-state index contributed by atoms with van der Waals surface area (Å²) >= 11 is 0. The predicted molar refractivity (Wildman–Crippen MR) is 100 cm³/mol. The van der Waals surface area contributed by atoms with E-state index in [1.54, 1.807) is 0 Å². The van der Waals surface area contributed by atoms with Crippen LogP contribution in [0.5, 0.6) is 0 Å². The number of fused-ring (bicyclic) bond motifs is 2. The minimum Gasteiger partial charge on any atom is -0.356 e. The lowest BCUT2D eigenvalue weighted by atomic mass is 9.93. The third kappa shape index (κ3) is 3.73. The molecule has 4 rings (SSSR count). The number of carbonyl (C=O) groups is 1. The second-order valence-corrected chi connectivity index (χ2v) is 7.85. The Morgan fingerprint density at radius 3 is 2.64 bits per heavy atom. The molecule has 1 amide bonds. The lowest BCUT2D eigenvalue weighted by molar-refractivity contribution is -0.125. The topological polar surface area (TPSA) is 45.2 Å². The van der Waals surface area contributed by atoms with Gasteiger partial charge >= 0.3 is 0 Å². The van der Waals surface area contributed by atoms with E-state index in [-0.39, 0.29) is 11.8 Å². The van der Waals surface area contributed by atoms with Gasteiger partial charge in [-0.3, -0.25) is 4.79 Å². The molecule has 134 valence electrons. The Labute approximate surface area is 150 Å². The summed E-state index contributed by atoms with van der Waals surface area (Å²) in [6.07, 6.45) is 15.1. The smallest absolute Gasteiger partial charge is 0.223 e. The number of nitrogens with zero attached hydrogens (tertiary/aromatic N) is 2. The highest BCUT2D eigenvalue weighted by molar-refractivity contribution is 5.80. The Hall–Kier alpha value is -1.84. The van der Waals surface area contributed by atoms with Gasteiger partial charge in [0.05, 0.1) is 0 Å². The number of nitrogens with one attached hydrogen (secondary N) is 1. The van der Waals surface area contributed by atoms with Crippen molar-refractivity contribution in [3.05, 3.63) is 36.0 Å². The maximum absolute atomic E-state index is 12.6. The summed E-state index contributed by atoms with van der Waals surface area (Å²) in [6, 6.07) is 4.09. The molecule has 1 aliphatic heterocycles. The van der Waals surface area contributed by atoms with Gasteiger partial charge in [0.1, 0.15) is 5.82 Å². The van der Waals surface area contributed by atoms with E-state index in [9.17, 15) is 4.79 Å². The molecule has 2 fully saturated rings. The summed E-state index contributed by atoms with van der Waals surface area (Å²) in [4.78, 5) is 19.7. The molecule has 1 aromatic heterocycles. The number of aromatic nitrogens is 1. The summed E-state index contributed by atoms with van der Waals surface area (Å²) < 4.78 is 0. The number of carbonyl (C=O) groups excluding carboxylic acids is 1. The van der Waals surface area contributed by atoms with Gasteiger partial charge in [-0.1, -0.05) is 37.5 Å². The van der Waals surface area contributed by atoms with E-state index in [1.165, 1.54) is 38.5 Å². The first-order chi connectivity index (χ1) is 12.3. The number of pyridine rings is 1. The second kappa shape index (κ2) is 7.59. The zero-order valence-electron chi connectivity index (χ0n) is 15.0. The van der Waals surface area contributed by atoms with Crippen molar-refractivity contribution in [3.8, 4) is 0 Å². The molecule has 0 aromatic carbocycles. The van der Waals surface area contributed by atoms with Crippen molar-refractivity contribution in [2.24, 2.45) is 17.8 Å². The molecule has 1 saturated carbocycles. The molecule has 2 aliphatic carbocycles. The van der Waals surface area contributed by atoms with Crippen molar-refractivity contribution in [2.75, 3.05) is 18.0 Å². The molecule has 4 nitrogen and oxygen atoms in total. The first-order valence-electron chi connectivity index (χ1n) is 9.96. The lowest BCUT2D eigenvalue weighted by Crippen LogP contribution is -2.34. The van der Waals surface area contributed by atoms with E-state index in [0.29, 0.717) is 18.4 Å². The molecule has 0 spiro atoms. The van der Waals surface area contributed by atoms with Gasteiger partial charge in [0.15, 0.2) is 0 Å². The highest BCUT2D eigenvalue weighted by atomic mass is 16.1. The molecular weight excluding hydrogens is 310 g/mol. The van der Waals surface area contributed by atoms with Crippen LogP contribution in [0.1, 0.15) is 50.5 Å². The van der Waals surface area contributed by atoms with E-state index in [2.05, 4.69) is 33.4 Å². The summed E-state index contributed by atoms with van der Waals surface area (Å²) in [5, 5.41) is 3.19. The van der Waals surface area contributed by atoms with Gasteiger partial charge in [0, 0.05) is 37.3 Å². The second-order valence-electron chi connectivity index (χ2n) is 7.85. The van der Waals surface area contributed by atoms with E-state index < -0.39 is 0 Å². The van der Waals surface area contributed by atoms with Crippen molar-refractivity contribution >= 4 is 11.7 Å². The number of hydrogen-bond donors (Lipinski definition) is 1. The number of amides is 1. The molecular formula is C21H29N3O. The van der Waals surface area contributed by atoms with Crippen molar-refractivity contribution in [1.29, 1.82) is 0 Å². The Morgan fingerprint density at radius 1 is 1.12 bits per heavy atom. The van der Waals surface area contributed by atoms with Crippen LogP contribution in [0.2, 0.25) is 0 Å². The van der Waals surface area contributed by atoms with Crippen molar-refractivity contribution in [3.63, 3.8) is 0 Å². The third-order valence-corrected chi connectivity index (χ3v) is 6.09. The SMILES string of the molecule is O=C(NCc1cccnc1N1CCCCCCC1)[C@@H]1C[C@H]2C=C[C@@H]1C2. The van der Waals surface area contributed by atoms with Crippen LogP contribution in [-0.2, 0) is 11.3 Å². The number of hydrogen-bond acceptors (Lipinski definition) is 3. The predicted octanol–water partition coefficient (Wildman–Crippen LogP) is 3.68. The molecule has 1 aromatic rings. The number of anilines is 1. The zero-order valence-corrected chi connectivity index (χ0v) is 15.0. The molecule has 2 bridgehead atoms. The van der Waals surface area contributed by atoms with Gasteiger partial charge < -0.3 is 10.2 Å². The maximum Gasteiger partial charge on any atom is 0.223 e. The summed E-state index contributed by atoms with van der Waals surface area (Å²) in [5.41, 5.74) is 1.15. The van der Waals surface area contributed by atoms with Crippen LogP contribution in [0.15, 0.2) is 30.5 Å². The lowest BCUT2D eigenvalue weighted by Gasteiger charge is -2.28. The fraction of sp³-hybridized carbons (Fsp3) is 0.619. The Kier molecular flexibility index (Phi) is 5.04. The van der Waals surface area contributed by atoms with E-state index in [1.807, 2.05) is 12.3 Å². The van der Waals surface area contributed by atoms with E-state index >= 15 is 0 Å². The maximum atomic E-state index is 12.6. The van der Waals surface area contributed by atoms with Gasteiger partial charge in [-0.2, -0.15) is 0 Å². The van der Waals surface area contributed by atoms with E-state index in [0.717, 1.165) is 30.9 Å². The summed E-state index contributed by atoms with van der Waals surface area (Å²) in [7, 11) is 0.